The van der Waals surface area contributed by atoms with Gasteiger partial charge in [-0.15, -0.1) is 0 Å². The van der Waals surface area contributed by atoms with Gasteiger partial charge in [0.2, 0.25) is 17.2 Å². The molecule has 1 fully saturated rings. The number of nitrogens with zero attached hydrogens (tertiary/aromatic N) is 4. The highest BCUT2D eigenvalue weighted by atomic mass is 35.5. The van der Waals surface area contributed by atoms with Crippen LogP contribution in [0.3, 0.4) is 0 Å². The number of hydrogen-bond acceptors (Lipinski definition) is 5. The molecule has 0 radical (unpaired) electrons. The van der Waals surface area contributed by atoms with Crippen molar-refractivity contribution in [2.75, 3.05) is 10.6 Å². The zero-order valence-electron chi connectivity index (χ0n) is 11.1. The second kappa shape index (κ2) is 4.88. The van der Waals surface area contributed by atoms with Crippen LogP contribution in [0.2, 0.25) is 5.28 Å². The summed E-state index contributed by atoms with van der Waals surface area (Å²) in [6.45, 7) is 6.46. The molecular formula is C12H20ClN5. The molecular weight excluding hydrogens is 250 g/mol. The number of nitrogens with two attached hydrogens (primary N) is 1. The van der Waals surface area contributed by atoms with Gasteiger partial charge in [-0.3, -0.25) is 0 Å². The monoisotopic (exact) mass is 269 g/mol. The number of nitrogen functional groups attached to an aromatic ring is 1. The predicted molar refractivity (Wildman–Crippen MR) is 73.7 cm³/mol. The van der Waals surface area contributed by atoms with E-state index < -0.39 is 0 Å². The van der Waals surface area contributed by atoms with E-state index in [-0.39, 0.29) is 16.8 Å². The molecule has 0 aliphatic heterocycles. The van der Waals surface area contributed by atoms with E-state index >= 15 is 0 Å². The molecule has 0 aromatic carbocycles. The van der Waals surface area contributed by atoms with Crippen molar-refractivity contribution in [2.45, 2.75) is 58.0 Å². The van der Waals surface area contributed by atoms with Crippen LogP contribution < -0.4 is 10.6 Å². The van der Waals surface area contributed by atoms with Crippen LogP contribution in [0.15, 0.2) is 0 Å². The van der Waals surface area contributed by atoms with Crippen LogP contribution in [-0.4, -0.2) is 26.5 Å². The first-order valence-corrected chi connectivity index (χ1v) is 6.72. The van der Waals surface area contributed by atoms with Crippen LogP contribution in [0.4, 0.5) is 11.9 Å². The van der Waals surface area contributed by atoms with Gasteiger partial charge in [0.05, 0.1) is 0 Å². The second-order valence-corrected chi connectivity index (χ2v) is 6.08. The lowest BCUT2D eigenvalue weighted by Crippen LogP contribution is -2.48. The van der Waals surface area contributed by atoms with E-state index in [0.717, 1.165) is 0 Å². The van der Waals surface area contributed by atoms with Gasteiger partial charge in [-0.25, -0.2) is 0 Å². The second-order valence-electron chi connectivity index (χ2n) is 5.74. The lowest BCUT2D eigenvalue weighted by molar-refractivity contribution is 0.429. The molecule has 0 bridgehead atoms. The third-order valence-electron chi connectivity index (χ3n) is 3.24. The lowest BCUT2D eigenvalue weighted by Gasteiger charge is -2.40. The summed E-state index contributed by atoms with van der Waals surface area (Å²) >= 11 is 5.88. The number of rotatable bonds is 2. The molecule has 6 heteroatoms. The Morgan fingerprint density at radius 3 is 2.28 bits per heavy atom. The van der Waals surface area contributed by atoms with Crippen molar-refractivity contribution < 1.29 is 0 Å². The van der Waals surface area contributed by atoms with Crippen LogP contribution in [0.5, 0.6) is 0 Å². The highest BCUT2D eigenvalue weighted by Crippen LogP contribution is 2.32. The van der Waals surface area contributed by atoms with Crippen LogP contribution in [-0.2, 0) is 0 Å². The Morgan fingerprint density at radius 1 is 1.17 bits per heavy atom. The molecule has 0 amide bonds. The summed E-state index contributed by atoms with van der Waals surface area (Å²) in [5.74, 6) is 0.768. The molecule has 0 unspecified atom stereocenters. The van der Waals surface area contributed by atoms with Crippen molar-refractivity contribution >= 4 is 23.5 Å². The Hall–Kier alpha value is -1.10. The average molecular weight is 270 g/mol. The molecule has 100 valence electrons. The number of hydrogen-bond donors (Lipinski definition) is 1. The zero-order chi connectivity index (χ0) is 13.3. The smallest absolute Gasteiger partial charge is 0.232 e. The van der Waals surface area contributed by atoms with Gasteiger partial charge in [-0.1, -0.05) is 12.8 Å². The Balaban J connectivity index is 2.39. The van der Waals surface area contributed by atoms with Crippen LogP contribution in [0.1, 0.15) is 46.5 Å². The Bertz CT molecular complexity index is 403. The van der Waals surface area contributed by atoms with Gasteiger partial charge >= 0.3 is 0 Å². The van der Waals surface area contributed by atoms with Crippen molar-refractivity contribution in [2.24, 2.45) is 0 Å². The van der Waals surface area contributed by atoms with Gasteiger partial charge in [-0.05, 0) is 45.2 Å². The summed E-state index contributed by atoms with van der Waals surface area (Å²) in [5.41, 5.74) is 5.60. The van der Waals surface area contributed by atoms with Gasteiger partial charge in [0, 0.05) is 11.6 Å². The van der Waals surface area contributed by atoms with Gasteiger partial charge in [0.15, 0.2) is 0 Å². The number of anilines is 2. The van der Waals surface area contributed by atoms with E-state index in [2.05, 4.69) is 40.6 Å². The van der Waals surface area contributed by atoms with E-state index in [4.69, 9.17) is 17.3 Å². The predicted octanol–water partition coefficient (Wildman–Crippen LogP) is 2.65. The average Bonchev–Trinajstić information content (AvgIpc) is 2.66. The minimum absolute atomic E-state index is 0.0634. The van der Waals surface area contributed by atoms with Crippen LogP contribution in [0.25, 0.3) is 0 Å². The molecule has 2 rings (SSSR count). The summed E-state index contributed by atoms with van der Waals surface area (Å²) in [7, 11) is 0. The summed E-state index contributed by atoms with van der Waals surface area (Å²) in [5, 5.41) is 0.157. The molecule has 18 heavy (non-hydrogen) atoms. The summed E-state index contributed by atoms with van der Waals surface area (Å²) in [6.07, 6.45) is 4.85. The maximum Gasteiger partial charge on any atom is 0.232 e. The summed E-state index contributed by atoms with van der Waals surface area (Å²) < 4.78 is 0. The SMILES string of the molecule is CC(C)(C)N(c1nc(N)nc(Cl)n1)C1CCCC1. The van der Waals surface area contributed by atoms with Gasteiger partial charge in [0.1, 0.15) is 0 Å². The largest absolute Gasteiger partial charge is 0.368 e. The first-order valence-electron chi connectivity index (χ1n) is 6.34. The fourth-order valence-electron chi connectivity index (χ4n) is 2.64. The summed E-state index contributed by atoms with van der Waals surface area (Å²) in [4.78, 5) is 14.5. The Kier molecular flexibility index (Phi) is 3.61. The molecule has 1 aliphatic rings. The van der Waals surface area contributed by atoms with Crippen molar-refractivity contribution in [3.8, 4) is 0 Å². The third kappa shape index (κ3) is 2.83. The van der Waals surface area contributed by atoms with Crippen molar-refractivity contribution in [3.63, 3.8) is 0 Å². The lowest BCUT2D eigenvalue weighted by atomic mass is 10.0. The van der Waals surface area contributed by atoms with E-state index in [1.165, 1.54) is 25.7 Å². The highest BCUT2D eigenvalue weighted by Gasteiger charge is 2.33. The molecule has 1 saturated carbocycles. The standard InChI is InChI=1S/C12H20ClN5/c1-12(2,3)18(8-6-4-5-7-8)11-16-9(13)15-10(14)17-11/h8H,4-7H2,1-3H3,(H2,14,15,16,17). The van der Waals surface area contributed by atoms with Crippen molar-refractivity contribution in [1.82, 2.24) is 15.0 Å². The normalized spacial score (nSPS) is 17.1. The van der Waals surface area contributed by atoms with Gasteiger partial charge in [0.25, 0.3) is 0 Å². The maximum absolute atomic E-state index is 5.88. The number of aromatic nitrogens is 3. The molecule has 1 aliphatic carbocycles. The highest BCUT2D eigenvalue weighted by molar-refractivity contribution is 6.28. The Labute approximate surface area is 113 Å². The quantitative estimate of drug-likeness (QED) is 0.894. The fourth-order valence-corrected chi connectivity index (χ4v) is 2.80. The molecule has 1 aromatic rings. The molecule has 2 N–H and O–H groups in total. The van der Waals surface area contributed by atoms with E-state index in [1.54, 1.807) is 0 Å². The van der Waals surface area contributed by atoms with Gasteiger partial charge in [-0.2, -0.15) is 15.0 Å². The molecule has 1 aromatic heterocycles. The first-order chi connectivity index (χ1) is 8.38. The number of halogens is 1. The van der Waals surface area contributed by atoms with E-state index in [1.807, 2.05) is 0 Å². The van der Waals surface area contributed by atoms with Crippen molar-refractivity contribution in [1.29, 1.82) is 0 Å². The van der Waals surface area contributed by atoms with E-state index in [9.17, 15) is 0 Å². The Morgan fingerprint density at radius 2 is 1.78 bits per heavy atom. The van der Waals surface area contributed by atoms with E-state index in [0.29, 0.717) is 12.0 Å². The third-order valence-corrected chi connectivity index (χ3v) is 3.41. The zero-order valence-corrected chi connectivity index (χ0v) is 11.9. The molecule has 0 spiro atoms. The maximum atomic E-state index is 5.88. The van der Waals surface area contributed by atoms with Crippen LogP contribution in [0, 0.1) is 0 Å². The molecule has 1 heterocycles. The fraction of sp³-hybridized carbons (Fsp3) is 0.750. The minimum Gasteiger partial charge on any atom is -0.368 e. The van der Waals surface area contributed by atoms with Crippen LogP contribution >= 0.6 is 11.6 Å². The molecule has 0 atom stereocenters. The summed E-state index contributed by atoms with van der Waals surface area (Å²) in [6, 6.07) is 0.461. The molecule has 5 nitrogen and oxygen atoms in total. The molecule has 0 saturated heterocycles. The van der Waals surface area contributed by atoms with Crippen molar-refractivity contribution in [3.05, 3.63) is 5.28 Å². The topological polar surface area (TPSA) is 67.9 Å². The first kappa shape index (κ1) is 13.3. The van der Waals surface area contributed by atoms with Gasteiger partial charge < -0.3 is 10.6 Å². The minimum atomic E-state index is -0.0634.